The number of nitrogens with one attached hydrogen (secondary N) is 1. The van der Waals surface area contributed by atoms with Crippen molar-refractivity contribution in [1.82, 2.24) is 15.1 Å². The molecule has 1 unspecified atom stereocenters. The first kappa shape index (κ1) is 17.2. The van der Waals surface area contributed by atoms with Crippen molar-refractivity contribution in [1.29, 1.82) is 0 Å². The molecule has 1 atom stereocenters. The number of halogens is 2. The van der Waals surface area contributed by atoms with Crippen LogP contribution in [0.5, 0.6) is 0 Å². The lowest BCUT2D eigenvalue weighted by atomic mass is 10.0. The average Bonchev–Trinajstić information content (AvgIpc) is 2.61. The predicted molar refractivity (Wildman–Crippen MR) is 89.5 cm³/mol. The Morgan fingerprint density at radius 3 is 2.46 bits per heavy atom. The minimum atomic E-state index is -0.614. The van der Waals surface area contributed by atoms with Crippen LogP contribution in [-0.4, -0.2) is 60.4 Å². The highest BCUT2D eigenvalue weighted by Crippen LogP contribution is 2.18. The van der Waals surface area contributed by atoms with Gasteiger partial charge in [0, 0.05) is 31.2 Å². The second kappa shape index (κ2) is 7.49. The van der Waals surface area contributed by atoms with Gasteiger partial charge in [-0.2, -0.15) is 0 Å². The number of nitrogens with zero attached hydrogens (tertiary/aromatic N) is 2. The third-order valence-electron chi connectivity index (χ3n) is 4.65. The molecule has 130 valence electrons. The lowest BCUT2D eigenvalue weighted by Crippen LogP contribution is -2.55. The Balaban J connectivity index is 1.58. The van der Waals surface area contributed by atoms with Crippen molar-refractivity contribution >= 4 is 23.4 Å². The highest BCUT2D eigenvalue weighted by molar-refractivity contribution is 6.30. The molecule has 2 saturated heterocycles. The van der Waals surface area contributed by atoms with E-state index in [4.69, 9.17) is 11.6 Å². The molecular formula is C17H21ClFN3O2. The van der Waals surface area contributed by atoms with Gasteiger partial charge in [-0.15, -0.1) is 0 Å². The van der Waals surface area contributed by atoms with Crippen molar-refractivity contribution in [2.45, 2.75) is 25.3 Å². The fourth-order valence-corrected chi connectivity index (χ4v) is 3.40. The minimum Gasteiger partial charge on any atom is -0.338 e. The van der Waals surface area contributed by atoms with Crippen LogP contribution in [0, 0.1) is 5.82 Å². The van der Waals surface area contributed by atoms with Gasteiger partial charge in [0.15, 0.2) is 0 Å². The molecular weight excluding hydrogens is 333 g/mol. The quantitative estimate of drug-likeness (QED) is 0.883. The van der Waals surface area contributed by atoms with Crippen LogP contribution in [0.1, 0.15) is 29.6 Å². The number of amides is 2. The maximum Gasteiger partial charge on any atom is 0.256 e. The van der Waals surface area contributed by atoms with E-state index in [1.807, 2.05) is 0 Å². The molecule has 0 aliphatic carbocycles. The monoisotopic (exact) mass is 353 g/mol. The van der Waals surface area contributed by atoms with Crippen molar-refractivity contribution in [3.63, 3.8) is 0 Å². The van der Waals surface area contributed by atoms with Crippen molar-refractivity contribution in [3.05, 3.63) is 34.6 Å². The van der Waals surface area contributed by atoms with Crippen LogP contribution in [0.4, 0.5) is 4.39 Å². The number of carbonyl (C=O) groups is 2. The second-order valence-corrected chi connectivity index (χ2v) is 6.68. The number of hydrogen-bond donors (Lipinski definition) is 1. The first-order valence-electron chi connectivity index (χ1n) is 8.33. The van der Waals surface area contributed by atoms with Crippen LogP contribution in [0.2, 0.25) is 5.02 Å². The van der Waals surface area contributed by atoms with Crippen LogP contribution in [0.25, 0.3) is 0 Å². The summed E-state index contributed by atoms with van der Waals surface area (Å²) in [6.45, 7) is 2.68. The van der Waals surface area contributed by atoms with E-state index in [9.17, 15) is 14.0 Å². The summed E-state index contributed by atoms with van der Waals surface area (Å²) in [5.74, 6) is -0.857. The standard InChI is InChI=1S/C17H21ClFN3O2/c18-12-4-5-13(14(19)11-12)16(23)21-7-9-22(10-8-21)17(24)15-3-1-2-6-20-15/h4-5,11,15,20H,1-3,6-10H2. The predicted octanol–water partition coefficient (Wildman–Crippen LogP) is 1.91. The topological polar surface area (TPSA) is 52.7 Å². The van der Waals surface area contributed by atoms with E-state index in [1.165, 1.54) is 12.1 Å². The van der Waals surface area contributed by atoms with Gasteiger partial charge in [0.2, 0.25) is 5.91 Å². The first-order valence-corrected chi connectivity index (χ1v) is 8.70. The summed E-state index contributed by atoms with van der Waals surface area (Å²) in [5, 5.41) is 3.52. The maximum atomic E-state index is 13.9. The summed E-state index contributed by atoms with van der Waals surface area (Å²) < 4.78 is 13.9. The summed E-state index contributed by atoms with van der Waals surface area (Å²) in [4.78, 5) is 28.3. The fraction of sp³-hybridized carbons (Fsp3) is 0.529. The lowest BCUT2D eigenvalue weighted by Gasteiger charge is -2.37. The second-order valence-electron chi connectivity index (χ2n) is 6.24. The Morgan fingerprint density at radius 1 is 1.12 bits per heavy atom. The summed E-state index contributed by atoms with van der Waals surface area (Å²) in [5.41, 5.74) is 0.0214. The highest BCUT2D eigenvalue weighted by Gasteiger charge is 2.30. The number of piperazine rings is 1. The summed E-state index contributed by atoms with van der Waals surface area (Å²) in [6, 6.07) is 3.95. The number of rotatable bonds is 2. The smallest absolute Gasteiger partial charge is 0.256 e. The van der Waals surface area contributed by atoms with Crippen molar-refractivity contribution < 1.29 is 14.0 Å². The molecule has 0 spiro atoms. The minimum absolute atomic E-state index is 0.0214. The van der Waals surface area contributed by atoms with Crippen LogP contribution in [0.3, 0.4) is 0 Å². The van der Waals surface area contributed by atoms with Gasteiger partial charge in [-0.3, -0.25) is 9.59 Å². The molecule has 0 saturated carbocycles. The van der Waals surface area contributed by atoms with E-state index >= 15 is 0 Å². The van der Waals surface area contributed by atoms with E-state index in [0.717, 1.165) is 31.9 Å². The van der Waals surface area contributed by atoms with Gasteiger partial charge >= 0.3 is 0 Å². The molecule has 0 bridgehead atoms. The number of carbonyl (C=O) groups excluding carboxylic acids is 2. The lowest BCUT2D eigenvalue weighted by molar-refractivity contribution is -0.135. The van der Waals surface area contributed by atoms with Gasteiger partial charge in [-0.05, 0) is 37.6 Å². The van der Waals surface area contributed by atoms with Gasteiger partial charge in [0.1, 0.15) is 5.82 Å². The Morgan fingerprint density at radius 2 is 1.83 bits per heavy atom. The summed E-state index contributed by atoms with van der Waals surface area (Å²) >= 11 is 5.72. The van der Waals surface area contributed by atoms with Crippen molar-refractivity contribution in [2.24, 2.45) is 0 Å². The molecule has 1 N–H and O–H groups in total. The fourth-order valence-electron chi connectivity index (χ4n) is 3.25. The van der Waals surface area contributed by atoms with Gasteiger partial charge in [-0.25, -0.2) is 4.39 Å². The molecule has 2 aliphatic heterocycles. The molecule has 1 aromatic carbocycles. The zero-order valence-corrected chi connectivity index (χ0v) is 14.2. The molecule has 0 aromatic heterocycles. The molecule has 2 fully saturated rings. The summed E-state index contributed by atoms with van der Waals surface area (Å²) in [7, 11) is 0. The van der Waals surface area contributed by atoms with Gasteiger partial charge < -0.3 is 15.1 Å². The van der Waals surface area contributed by atoms with E-state index in [1.54, 1.807) is 9.80 Å². The van der Waals surface area contributed by atoms with Crippen LogP contribution < -0.4 is 5.32 Å². The molecule has 2 aliphatic rings. The molecule has 2 heterocycles. The molecule has 2 amide bonds. The average molecular weight is 354 g/mol. The summed E-state index contributed by atoms with van der Waals surface area (Å²) in [6.07, 6.45) is 3.05. The van der Waals surface area contributed by atoms with Crippen molar-refractivity contribution in [3.8, 4) is 0 Å². The zero-order valence-electron chi connectivity index (χ0n) is 13.4. The molecule has 3 rings (SSSR count). The van der Waals surface area contributed by atoms with E-state index in [2.05, 4.69) is 5.32 Å². The van der Waals surface area contributed by atoms with Crippen LogP contribution in [0.15, 0.2) is 18.2 Å². The van der Waals surface area contributed by atoms with E-state index in [0.29, 0.717) is 26.2 Å². The molecule has 5 nitrogen and oxygen atoms in total. The van der Waals surface area contributed by atoms with Gasteiger partial charge in [0.05, 0.1) is 11.6 Å². The Bertz CT molecular complexity index is 626. The SMILES string of the molecule is O=C(c1ccc(Cl)cc1F)N1CCN(C(=O)C2CCCCN2)CC1. The first-order chi connectivity index (χ1) is 11.6. The molecule has 0 radical (unpaired) electrons. The molecule has 1 aromatic rings. The van der Waals surface area contributed by atoms with E-state index in [-0.39, 0.29) is 28.4 Å². The van der Waals surface area contributed by atoms with E-state index < -0.39 is 5.82 Å². The molecule has 7 heteroatoms. The zero-order chi connectivity index (χ0) is 17.1. The third-order valence-corrected chi connectivity index (χ3v) is 4.88. The van der Waals surface area contributed by atoms with Crippen LogP contribution in [-0.2, 0) is 4.79 Å². The normalized spacial score (nSPS) is 21.7. The Kier molecular flexibility index (Phi) is 5.36. The Labute approximate surface area is 145 Å². The maximum absolute atomic E-state index is 13.9. The molecule has 24 heavy (non-hydrogen) atoms. The van der Waals surface area contributed by atoms with Crippen LogP contribution >= 0.6 is 11.6 Å². The third kappa shape index (κ3) is 3.70. The van der Waals surface area contributed by atoms with Gasteiger partial charge in [0.25, 0.3) is 5.91 Å². The Hall–Kier alpha value is -1.66. The van der Waals surface area contributed by atoms with Crippen molar-refractivity contribution in [2.75, 3.05) is 32.7 Å². The number of benzene rings is 1. The van der Waals surface area contributed by atoms with Gasteiger partial charge in [-0.1, -0.05) is 18.0 Å². The largest absolute Gasteiger partial charge is 0.338 e. The number of piperidine rings is 1. The number of hydrogen-bond acceptors (Lipinski definition) is 3. The highest BCUT2D eigenvalue weighted by atomic mass is 35.5.